The van der Waals surface area contributed by atoms with Crippen LogP contribution in [0.25, 0.3) is 6.08 Å². The van der Waals surface area contributed by atoms with Gasteiger partial charge in [-0.1, -0.05) is 61.5 Å². The molecule has 2 aromatic rings. The molecule has 15 nitrogen and oxygen atoms in total. The fourth-order valence-corrected chi connectivity index (χ4v) is 5.55. The average molecular weight is 772 g/mol. The number of nitrogens with zero attached hydrogens (tertiary/aromatic N) is 1. The monoisotopic (exact) mass is 771 g/mol. The van der Waals surface area contributed by atoms with Crippen molar-refractivity contribution < 1.29 is 57.4 Å². The van der Waals surface area contributed by atoms with Crippen LogP contribution < -0.4 is 15.5 Å². The van der Waals surface area contributed by atoms with E-state index in [1.165, 1.54) is 0 Å². The summed E-state index contributed by atoms with van der Waals surface area (Å²) in [6, 6.07) is 14.2. The lowest BCUT2D eigenvalue weighted by molar-refractivity contribution is -0.140. The summed E-state index contributed by atoms with van der Waals surface area (Å²) in [5.74, 6) is -2.65. The van der Waals surface area contributed by atoms with Crippen molar-refractivity contribution in [3.05, 3.63) is 71.3 Å². The molecule has 0 radical (unpaired) electrons. The molecule has 3 amide bonds. The molecule has 0 aliphatic carbocycles. The molecule has 304 valence electrons. The molecule has 1 aliphatic heterocycles. The van der Waals surface area contributed by atoms with Gasteiger partial charge in [-0.2, -0.15) is 0 Å². The van der Waals surface area contributed by atoms with Crippen molar-refractivity contribution in [1.82, 2.24) is 10.6 Å². The zero-order valence-electron chi connectivity index (χ0n) is 32.0. The van der Waals surface area contributed by atoms with E-state index in [1.54, 1.807) is 12.0 Å². The molecular formula is C40H57N3O12. The quantitative estimate of drug-likeness (QED) is 0.108. The molecule has 0 fully saturated rings. The van der Waals surface area contributed by atoms with E-state index in [0.29, 0.717) is 79.2 Å². The Kier molecular flexibility index (Phi) is 22.5. The van der Waals surface area contributed by atoms with Gasteiger partial charge in [0.2, 0.25) is 17.7 Å². The van der Waals surface area contributed by atoms with Crippen molar-refractivity contribution in [2.75, 3.05) is 104 Å². The number of carboxylic acids is 1. The smallest absolute Gasteiger partial charge is 0.305 e. The number of aliphatic carboxylic acids is 1. The number of carboxylic acid groups (broad SMARTS) is 1. The number of carbonyl (C=O) groups excluding carboxylic acids is 3. The lowest BCUT2D eigenvalue weighted by Crippen LogP contribution is -2.48. The Balaban J connectivity index is 1.28. The SMILES string of the molecule is COCCOCCOCCOCCOCCOCCOCCNC(=O)[C@H](CC(=O)O)NC(=O)CCC(=O)N1Cc2ccccc2C(C)/C=C\c2ccccc21. The summed E-state index contributed by atoms with van der Waals surface area (Å²) in [6.07, 6.45) is 3.14. The van der Waals surface area contributed by atoms with E-state index < -0.39 is 30.2 Å². The van der Waals surface area contributed by atoms with Gasteiger partial charge in [0.1, 0.15) is 6.04 Å². The number of anilines is 1. The zero-order chi connectivity index (χ0) is 39.5. The van der Waals surface area contributed by atoms with Crippen molar-refractivity contribution in [2.24, 2.45) is 0 Å². The third-order valence-electron chi connectivity index (χ3n) is 8.40. The average Bonchev–Trinajstić information content (AvgIpc) is 3.24. The van der Waals surface area contributed by atoms with Crippen molar-refractivity contribution in [3.8, 4) is 0 Å². The van der Waals surface area contributed by atoms with Crippen molar-refractivity contribution in [1.29, 1.82) is 0 Å². The number of hydrogen-bond acceptors (Lipinski definition) is 11. The summed E-state index contributed by atoms with van der Waals surface area (Å²) in [5, 5.41) is 14.5. The van der Waals surface area contributed by atoms with E-state index in [4.69, 9.17) is 33.2 Å². The second kappa shape index (κ2) is 27.4. The lowest BCUT2D eigenvalue weighted by Gasteiger charge is -2.26. The molecule has 2 aromatic carbocycles. The zero-order valence-corrected chi connectivity index (χ0v) is 32.0. The van der Waals surface area contributed by atoms with Crippen LogP contribution >= 0.6 is 0 Å². The Morgan fingerprint density at radius 2 is 1.29 bits per heavy atom. The first-order valence-corrected chi connectivity index (χ1v) is 18.7. The Bertz CT molecular complexity index is 1470. The second-order valence-electron chi connectivity index (χ2n) is 12.6. The van der Waals surface area contributed by atoms with Gasteiger partial charge in [-0.05, 0) is 28.7 Å². The highest BCUT2D eigenvalue weighted by Gasteiger charge is 2.26. The number of hydrogen-bond donors (Lipinski definition) is 3. The summed E-state index contributed by atoms with van der Waals surface area (Å²) in [5.41, 5.74) is 3.72. The van der Waals surface area contributed by atoms with Crippen LogP contribution in [-0.4, -0.2) is 134 Å². The Hall–Kier alpha value is -4.22. The van der Waals surface area contributed by atoms with Gasteiger partial charge in [0.15, 0.2) is 0 Å². The number of fused-ring (bicyclic) bond motifs is 2. The highest BCUT2D eigenvalue weighted by Crippen LogP contribution is 2.31. The summed E-state index contributed by atoms with van der Waals surface area (Å²) in [6.45, 7) is 8.02. The molecular weight excluding hydrogens is 714 g/mol. The van der Waals surface area contributed by atoms with Gasteiger partial charge >= 0.3 is 5.97 Å². The maximum Gasteiger partial charge on any atom is 0.305 e. The van der Waals surface area contributed by atoms with Crippen LogP contribution in [0, 0.1) is 0 Å². The van der Waals surface area contributed by atoms with Crippen LogP contribution in [0.4, 0.5) is 5.69 Å². The van der Waals surface area contributed by atoms with E-state index >= 15 is 0 Å². The minimum Gasteiger partial charge on any atom is -0.481 e. The van der Waals surface area contributed by atoms with Gasteiger partial charge in [0.05, 0.1) is 105 Å². The van der Waals surface area contributed by atoms with Crippen LogP contribution in [0.2, 0.25) is 0 Å². The van der Waals surface area contributed by atoms with Crippen LogP contribution in [0.15, 0.2) is 54.6 Å². The van der Waals surface area contributed by atoms with Gasteiger partial charge in [-0.3, -0.25) is 19.2 Å². The second-order valence-corrected chi connectivity index (χ2v) is 12.6. The molecule has 1 heterocycles. The molecule has 0 saturated carbocycles. The minimum atomic E-state index is -1.32. The molecule has 15 heteroatoms. The first-order valence-electron chi connectivity index (χ1n) is 18.7. The number of nitrogens with one attached hydrogen (secondary N) is 2. The highest BCUT2D eigenvalue weighted by atomic mass is 16.6. The number of carbonyl (C=O) groups is 4. The van der Waals surface area contributed by atoms with E-state index in [1.807, 2.05) is 54.6 Å². The molecule has 3 N–H and O–H groups in total. The summed E-state index contributed by atoms with van der Waals surface area (Å²) in [4.78, 5) is 52.5. The maximum absolute atomic E-state index is 13.6. The first-order chi connectivity index (χ1) is 26.8. The number of amides is 3. The van der Waals surface area contributed by atoms with Crippen LogP contribution in [0.3, 0.4) is 0 Å². The Morgan fingerprint density at radius 3 is 1.89 bits per heavy atom. The lowest BCUT2D eigenvalue weighted by atomic mass is 9.95. The largest absolute Gasteiger partial charge is 0.481 e. The van der Waals surface area contributed by atoms with Gasteiger partial charge in [0, 0.05) is 26.5 Å². The molecule has 0 bridgehead atoms. The van der Waals surface area contributed by atoms with Crippen LogP contribution in [0.5, 0.6) is 0 Å². The van der Waals surface area contributed by atoms with Crippen LogP contribution in [-0.2, 0) is 58.9 Å². The summed E-state index contributed by atoms with van der Waals surface area (Å²) in [7, 11) is 1.62. The molecule has 3 rings (SSSR count). The Labute approximate surface area is 323 Å². The number of methoxy groups -OCH3 is 1. The molecule has 1 aliphatic rings. The molecule has 55 heavy (non-hydrogen) atoms. The topological polar surface area (TPSA) is 180 Å². The van der Waals surface area contributed by atoms with Gasteiger partial charge in [0.25, 0.3) is 0 Å². The number of rotatable bonds is 28. The van der Waals surface area contributed by atoms with Gasteiger partial charge < -0.3 is 53.8 Å². The number of allylic oxidation sites excluding steroid dienone is 1. The molecule has 2 atom stereocenters. The summed E-state index contributed by atoms with van der Waals surface area (Å²) >= 11 is 0. The van der Waals surface area contributed by atoms with Crippen LogP contribution in [0.1, 0.15) is 48.8 Å². The van der Waals surface area contributed by atoms with E-state index in [-0.39, 0.29) is 44.4 Å². The van der Waals surface area contributed by atoms with Gasteiger partial charge in [-0.15, -0.1) is 0 Å². The molecule has 1 unspecified atom stereocenters. The molecule has 0 saturated heterocycles. The molecule has 0 spiro atoms. The third kappa shape index (κ3) is 18.3. The van der Waals surface area contributed by atoms with Crippen molar-refractivity contribution >= 4 is 35.5 Å². The van der Waals surface area contributed by atoms with E-state index in [0.717, 1.165) is 22.4 Å². The fourth-order valence-electron chi connectivity index (χ4n) is 5.55. The normalized spacial score (nSPS) is 14.8. The highest BCUT2D eigenvalue weighted by molar-refractivity contribution is 5.98. The Morgan fingerprint density at radius 1 is 0.745 bits per heavy atom. The number of para-hydroxylation sites is 1. The number of ether oxygens (including phenoxy) is 7. The third-order valence-corrected chi connectivity index (χ3v) is 8.40. The number of benzene rings is 2. The standard InChI is InChI=1S/C40H57N3O12/c1-31-11-12-32-7-4-6-10-36(32)43(30-33-8-3-5-9-34(31)33)38(45)14-13-37(44)42-35(29-39(46)47)40(48)41-15-16-50-19-20-52-23-24-54-27-28-55-26-25-53-22-21-51-18-17-49-2/h3-12,31,35H,13-30H2,1-2H3,(H,41,48)(H,42,44)(H,46,47)/b12-11-/t31?,35-/m0/s1. The predicted octanol–water partition coefficient (Wildman–Crippen LogP) is 2.95. The van der Waals surface area contributed by atoms with Crippen molar-refractivity contribution in [3.63, 3.8) is 0 Å². The van der Waals surface area contributed by atoms with E-state index in [9.17, 15) is 24.3 Å². The molecule has 0 aromatic heterocycles. The first kappa shape index (κ1) is 45.2. The minimum absolute atomic E-state index is 0.0997. The van der Waals surface area contributed by atoms with E-state index in [2.05, 4.69) is 23.6 Å². The van der Waals surface area contributed by atoms with Crippen molar-refractivity contribution in [2.45, 2.75) is 44.7 Å². The van der Waals surface area contributed by atoms with Gasteiger partial charge in [-0.25, -0.2) is 0 Å². The maximum atomic E-state index is 13.6. The summed E-state index contributed by atoms with van der Waals surface area (Å²) < 4.78 is 37.4. The predicted molar refractivity (Wildman–Crippen MR) is 205 cm³/mol. The fraction of sp³-hybridized carbons (Fsp3) is 0.550.